The van der Waals surface area contributed by atoms with Crippen molar-refractivity contribution >= 4 is 0 Å². The highest BCUT2D eigenvalue weighted by atomic mass is 16.5. The molecule has 0 unspecified atom stereocenters. The fourth-order valence-corrected chi connectivity index (χ4v) is 5.82. The Hall–Kier alpha value is -0.940. The van der Waals surface area contributed by atoms with Crippen molar-refractivity contribution in [2.75, 3.05) is 66.6 Å². The lowest BCUT2D eigenvalue weighted by molar-refractivity contribution is 0.102. The van der Waals surface area contributed by atoms with Crippen LogP contribution in [0.25, 0.3) is 0 Å². The van der Waals surface area contributed by atoms with Gasteiger partial charge >= 0.3 is 0 Å². The number of nitrogens with zero attached hydrogens (tertiary/aromatic N) is 3. The van der Waals surface area contributed by atoms with Gasteiger partial charge < -0.3 is 14.5 Å². The first-order valence-electron chi connectivity index (χ1n) is 12.4. The Morgan fingerprint density at radius 2 is 1.57 bits per heavy atom. The third kappa shape index (κ3) is 6.29. The van der Waals surface area contributed by atoms with Gasteiger partial charge in [0.1, 0.15) is 0 Å². The van der Waals surface area contributed by atoms with E-state index in [2.05, 4.69) is 46.0 Å². The summed E-state index contributed by atoms with van der Waals surface area (Å²) in [5.74, 6) is 2.58. The number of ether oxygens (including phenoxy) is 1. The predicted molar refractivity (Wildman–Crippen MR) is 125 cm³/mol. The maximum Gasteiger partial charge on any atom is 0.0589 e. The van der Waals surface area contributed by atoms with E-state index in [1.54, 1.807) is 12.7 Å². The van der Waals surface area contributed by atoms with Crippen LogP contribution in [0.3, 0.4) is 0 Å². The smallest absolute Gasteiger partial charge is 0.0589 e. The molecule has 0 spiro atoms. The summed E-state index contributed by atoms with van der Waals surface area (Å²) in [5, 5.41) is 0. The molecule has 0 atom stereocenters. The quantitative estimate of drug-likeness (QED) is 0.576. The Morgan fingerprint density at radius 1 is 0.900 bits per heavy atom. The van der Waals surface area contributed by atoms with E-state index in [1.165, 1.54) is 83.4 Å². The molecule has 0 aromatic heterocycles. The van der Waals surface area contributed by atoms with Crippen molar-refractivity contribution in [3.63, 3.8) is 0 Å². The third-order valence-corrected chi connectivity index (χ3v) is 7.75. The van der Waals surface area contributed by atoms with Gasteiger partial charge in [-0.05, 0) is 101 Å². The molecule has 2 aliphatic heterocycles. The van der Waals surface area contributed by atoms with E-state index in [9.17, 15) is 0 Å². The average Bonchev–Trinajstić information content (AvgIpc) is 3.24. The van der Waals surface area contributed by atoms with Gasteiger partial charge in [0.05, 0.1) is 6.61 Å². The van der Waals surface area contributed by atoms with Crippen LogP contribution in [0.4, 0.5) is 0 Å². The number of hydrogen-bond donors (Lipinski definition) is 0. The molecule has 1 aromatic rings. The largest absolute Gasteiger partial charge is 0.383 e. The lowest BCUT2D eigenvalue weighted by atomic mass is 9.71. The SMILES string of the molecule is COCCN1CCC(CN(C)C[C@H]2C[C@H](c3ccc(CN4CCCC4)cc3)C2)CC1. The van der Waals surface area contributed by atoms with Crippen LogP contribution in [-0.2, 0) is 11.3 Å². The minimum atomic E-state index is 0.799. The van der Waals surface area contributed by atoms with Crippen LogP contribution in [0, 0.1) is 11.8 Å². The Bertz CT molecular complexity index is 614. The minimum absolute atomic E-state index is 0.799. The first kappa shape index (κ1) is 22.3. The summed E-state index contributed by atoms with van der Waals surface area (Å²) >= 11 is 0. The molecule has 168 valence electrons. The van der Waals surface area contributed by atoms with E-state index in [4.69, 9.17) is 4.74 Å². The Labute approximate surface area is 184 Å². The summed E-state index contributed by atoms with van der Waals surface area (Å²) in [6, 6.07) is 9.58. The second-order valence-electron chi connectivity index (χ2n) is 10.3. The van der Waals surface area contributed by atoms with Crippen molar-refractivity contribution in [3.05, 3.63) is 35.4 Å². The molecular formula is C26H43N3O. The average molecular weight is 414 g/mol. The van der Waals surface area contributed by atoms with E-state index in [0.29, 0.717) is 0 Å². The summed E-state index contributed by atoms with van der Waals surface area (Å²) in [5.41, 5.74) is 3.06. The van der Waals surface area contributed by atoms with Crippen LogP contribution in [0.2, 0.25) is 0 Å². The van der Waals surface area contributed by atoms with Crippen LogP contribution < -0.4 is 0 Å². The summed E-state index contributed by atoms with van der Waals surface area (Å²) in [7, 11) is 4.15. The molecule has 2 heterocycles. The van der Waals surface area contributed by atoms with Crippen molar-refractivity contribution in [2.45, 2.75) is 51.0 Å². The second-order valence-corrected chi connectivity index (χ2v) is 10.3. The van der Waals surface area contributed by atoms with Crippen LogP contribution in [0.5, 0.6) is 0 Å². The normalized spacial score (nSPS) is 26.4. The molecule has 4 nitrogen and oxygen atoms in total. The van der Waals surface area contributed by atoms with Crippen LogP contribution >= 0.6 is 0 Å². The second kappa shape index (κ2) is 11.1. The zero-order valence-corrected chi connectivity index (χ0v) is 19.4. The summed E-state index contributed by atoms with van der Waals surface area (Å²) in [4.78, 5) is 7.77. The molecule has 0 N–H and O–H groups in total. The highest BCUT2D eigenvalue weighted by molar-refractivity contribution is 5.27. The lowest BCUT2D eigenvalue weighted by Crippen LogP contribution is -2.41. The summed E-state index contributed by atoms with van der Waals surface area (Å²) in [6.45, 7) is 10.7. The summed E-state index contributed by atoms with van der Waals surface area (Å²) in [6.07, 6.45) is 8.22. The van der Waals surface area contributed by atoms with Crippen molar-refractivity contribution in [1.82, 2.24) is 14.7 Å². The van der Waals surface area contributed by atoms with Crippen molar-refractivity contribution in [2.24, 2.45) is 11.8 Å². The van der Waals surface area contributed by atoms with Crippen LogP contribution in [0.15, 0.2) is 24.3 Å². The molecule has 3 fully saturated rings. The minimum Gasteiger partial charge on any atom is -0.383 e. The van der Waals surface area contributed by atoms with Gasteiger partial charge in [-0.1, -0.05) is 24.3 Å². The molecule has 4 heteroatoms. The number of rotatable bonds is 10. The topological polar surface area (TPSA) is 19.0 Å². The predicted octanol–water partition coefficient (Wildman–Crippen LogP) is 4.07. The highest BCUT2D eigenvalue weighted by Gasteiger charge is 2.31. The van der Waals surface area contributed by atoms with Crippen LogP contribution in [-0.4, -0.2) is 81.3 Å². The van der Waals surface area contributed by atoms with E-state index in [1.807, 2.05) is 0 Å². The zero-order valence-electron chi connectivity index (χ0n) is 19.4. The van der Waals surface area contributed by atoms with E-state index < -0.39 is 0 Å². The molecule has 4 rings (SSSR count). The summed E-state index contributed by atoms with van der Waals surface area (Å²) < 4.78 is 5.22. The highest BCUT2D eigenvalue weighted by Crippen LogP contribution is 2.42. The Kier molecular flexibility index (Phi) is 8.22. The van der Waals surface area contributed by atoms with Gasteiger partial charge in [-0.25, -0.2) is 0 Å². The first-order chi connectivity index (χ1) is 14.7. The van der Waals surface area contributed by atoms with Gasteiger partial charge in [-0.2, -0.15) is 0 Å². The molecule has 0 amide bonds. The van der Waals surface area contributed by atoms with E-state index in [-0.39, 0.29) is 0 Å². The fraction of sp³-hybridized carbons (Fsp3) is 0.769. The molecular weight excluding hydrogens is 370 g/mol. The molecule has 0 radical (unpaired) electrons. The molecule has 3 aliphatic rings. The molecule has 2 saturated heterocycles. The van der Waals surface area contributed by atoms with Gasteiger partial charge in [0.25, 0.3) is 0 Å². The number of benzene rings is 1. The van der Waals surface area contributed by atoms with Gasteiger partial charge in [-0.15, -0.1) is 0 Å². The monoisotopic (exact) mass is 413 g/mol. The number of methoxy groups -OCH3 is 1. The Balaban J connectivity index is 1.12. The zero-order chi connectivity index (χ0) is 20.8. The van der Waals surface area contributed by atoms with Crippen molar-refractivity contribution < 1.29 is 4.74 Å². The van der Waals surface area contributed by atoms with Gasteiger partial charge in [0.2, 0.25) is 0 Å². The molecule has 30 heavy (non-hydrogen) atoms. The maximum atomic E-state index is 5.22. The number of likely N-dealkylation sites (tertiary alicyclic amines) is 2. The third-order valence-electron chi connectivity index (χ3n) is 7.75. The van der Waals surface area contributed by atoms with E-state index in [0.717, 1.165) is 37.5 Å². The molecule has 1 saturated carbocycles. The van der Waals surface area contributed by atoms with E-state index >= 15 is 0 Å². The molecule has 1 aliphatic carbocycles. The van der Waals surface area contributed by atoms with Gasteiger partial charge in [-0.3, -0.25) is 4.90 Å². The van der Waals surface area contributed by atoms with Gasteiger partial charge in [0.15, 0.2) is 0 Å². The molecule has 1 aromatic carbocycles. The fourth-order valence-electron chi connectivity index (χ4n) is 5.82. The molecule has 0 bridgehead atoms. The number of piperidine rings is 1. The van der Waals surface area contributed by atoms with Crippen LogP contribution in [0.1, 0.15) is 55.6 Å². The lowest BCUT2D eigenvalue weighted by Gasteiger charge is -2.39. The van der Waals surface area contributed by atoms with Crippen molar-refractivity contribution in [1.29, 1.82) is 0 Å². The first-order valence-corrected chi connectivity index (χ1v) is 12.4. The maximum absolute atomic E-state index is 5.22. The standard InChI is InChI=1S/C26H43N3O/c1-27(19-23-9-13-28(14-10-23)15-16-30-2)20-24-17-26(18-24)25-7-5-22(6-8-25)21-29-11-3-4-12-29/h5-8,23-24,26H,3-4,9-21H2,1-2H3/t24-,26-. The van der Waals surface area contributed by atoms with Gasteiger partial charge in [0, 0.05) is 33.3 Å². The Morgan fingerprint density at radius 3 is 2.23 bits per heavy atom. The van der Waals surface area contributed by atoms with Crippen molar-refractivity contribution in [3.8, 4) is 0 Å². The number of hydrogen-bond acceptors (Lipinski definition) is 4.